The number of rotatable bonds is 3. The summed E-state index contributed by atoms with van der Waals surface area (Å²) in [6.07, 6.45) is 1.03. The third-order valence-corrected chi connectivity index (χ3v) is 3.74. The molecule has 0 aliphatic carbocycles. The van der Waals surface area contributed by atoms with Crippen molar-refractivity contribution in [2.24, 2.45) is 5.92 Å². The predicted octanol–water partition coefficient (Wildman–Crippen LogP) is 3.28. The van der Waals surface area contributed by atoms with Crippen molar-refractivity contribution in [3.05, 3.63) is 22.7 Å². The lowest BCUT2D eigenvalue weighted by molar-refractivity contribution is -0.117. The fourth-order valence-electron chi connectivity index (χ4n) is 2.17. The second-order valence-electron chi connectivity index (χ2n) is 5.22. The molecule has 0 saturated carbocycles. The SMILES string of the molecule is CC(C)CCN1C(=O)CN(C)c2cc(Br)ccc21. The van der Waals surface area contributed by atoms with Gasteiger partial charge in [-0.05, 0) is 30.5 Å². The summed E-state index contributed by atoms with van der Waals surface area (Å²) in [5, 5.41) is 0. The maximum atomic E-state index is 12.1. The Balaban J connectivity index is 2.31. The van der Waals surface area contributed by atoms with E-state index in [9.17, 15) is 4.79 Å². The van der Waals surface area contributed by atoms with Crippen LogP contribution < -0.4 is 9.80 Å². The van der Waals surface area contributed by atoms with Crippen LogP contribution >= 0.6 is 15.9 Å². The van der Waals surface area contributed by atoms with E-state index < -0.39 is 0 Å². The zero-order valence-electron chi connectivity index (χ0n) is 11.1. The molecule has 1 aliphatic rings. The van der Waals surface area contributed by atoms with Crippen molar-refractivity contribution in [3.63, 3.8) is 0 Å². The largest absolute Gasteiger partial charge is 0.364 e. The lowest BCUT2D eigenvalue weighted by Gasteiger charge is -2.35. The third kappa shape index (κ3) is 2.69. The molecule has 2 rings (SSSR count). The van der Waals surface area contributed by atoms with E-state index in [1.165, 1.54) is 0 Å². The molecule has 0 bridgehead atoms. The molecule has 0 unspecified atom stereocenters. The molecule has 1 heterocycles. The third-order valence-electron chi connectivity index (χ3n) is 3.24. The van der Waals surface area contributed by atoms with Gasteiger partial charge in [-0.15, -0.1) is 0 Å². The Hall–Kier alpha value is -1.03. The van der Waals surface area contributed by atoms with Gasteiger partial charge in [0.05, 0.1) is 17.9 Å². The summed E-state index contributed by atoms with van der Waals surface area (Å²) in [6, 6.07) is 6.09. The number of fused-ring (bicyclic) bond motifs is 1. The smallest absolute Gasteiger partial charge is 0.246 e. The quantitative estimate of drug-likeness (QED) is 0.855. The van der Waals surface area contributed by atoms with Crippen LogP contribution in [0.2, 0.25) is 0 Å². The standard InChI is InChI=1S/C14H19BrN2O/c1-10(2)6-7-17-12-5-4-11(15)8-13(12)16(3)9-14(17)18/h4-5,8,10H,6-7,9H2,1-3H3. The van der Waals surface area contributed by atoms with Crippen molar-refractivity contribution in [2.45, 2.75) is 20.3 Å². The first-order valence-corrected chi connectivity index (χ1v) is 7.09. The van der Waals surface area contributed by atoms with Gasteiger partial charge in [-0.3, -0.25) is 4.79 Å². The number of amides is 1. The summed E-state index contributed by atoms with van der Waals surface area (Å²) in [5.74, 6) is 0.796. The van der Waals surface area contributed by atoms with Gasteiger partial charge in [0.1, 0.15) is 0 Å². The van der Waals surface area contributed by atoms with Crippen molar-refractivity contribution in [2.75, 3.05) is 29.9 Å². The maximum Gasteiger partial charge on any atom is 0.246 e. The molecule has 18 heavy (non-hydrogen) atoms. The topological polar surface area (TPSA) is 23.6 Å². The van der Waals surface area contributed by atoms with E-state index in [2.05, 4.69) is 35.8 Å². The second kappa shape index (κ2) is 5.31. The Morgan fingerprint density at radius 2 is 2.06 bits per heavy atom. The van der Waals surface area contributed by atoms with Gasteiger partial charge in [-0.2, -0.15) is 0 Å². The Labute approximate surface area is 117 Å². The number of nitrogens with zero attached hydrogens (tertiary/aromatic N) is 2. The van der Waals surface area contributed by atoms with Gasteiger partial charge in [0.2, 0.25) is 5.91 Å². The monoisotopic (exact) mass is 310 g/mol. The number of carbonyl (C=O) groups excluding carboxylic acids is 1. The Morgan fingerprint density at radius 3 is 2.72 bits per heavy atom. The molecule has 0 saturated heterocycles. The lowest BCUT2D eigenvalue weighted by Crippen LogP contribution is -2.44. The number of halogens is 1. The minimum absolute atomic E-state index is 0.188. The Bertz CT molecular complexity index is 459. The van der Waals surface area contributed by atoms with Crippen LogP contribution in [0.5, 0.6) is 0 Å². The van der Waals surface area contributed by atoms with E-state index in [0.717, 1.165) is 28.8 Å². The summed E-state index contributed by atoms with van der Waals surface area (Å²) >= 11 is 3.49. The summed E-state index contributed by atoms with van der Waals surface area (Å²) in [6.45, 7) is 5.63. The second-order valence-corrected chi connectivity index (χ2v) is 6.13. The summed E-state index contributed by atoms with van der Waals surface area (Å²) in [4.78, 5) is 16.1. The maximum absolute atomic E-state index is 12.1. The van der Waals surface area contributed by atoms with Crippen LogP contribution in [-0.2, 0) is 4.79 Å². The molecule has 1 amide bonds. The van der Waals surface area contributed by atoms with Crippen LogP contribution in [0.1, 0.15) is 20.3 Å². The first-order valence-electron chi connectivity index (χ1n) is 6.30. The van der Waals surface area contributed by atoms with E-state index in [-0.39, 0.29) is 5.91 Å². The van der Waals surface area contributed by atoms with Gasteiger partial charge in [0.15, 0.2) is 0 Å². The molecule has 1 aromatic rings. The van der Waals surface area contributed by atoms with Crippen molar-refractivity contribution in [3.8, 4) is 0 Å². The molecule has 0 radical (unpaired) electrons. The van der Waals surface area contributed by atoms with Crippen molar-refractivity contribution in [1.29, 1.82) is 0 Å². The molecule has 0 aromatic heterocycles. The number of hydrogen-bond donors (Lipinski definition) is 0. The van der Waals surface area contributed by atoms with Crippen molar-refractivity contribution < 1.29 is 4.79 Å². The predicted molar refractivity (Wildman–Crippen MR) is 79.2 cm³/mol. The number of likely N-dealkylation sites (N-methyl/N-ethyl adjacent to an activating group) is 1. The molecule has 3 nitrogen and oxygen atoms in total. The molecule has 98 valence electrons. The molecule has 0 fully saturated rings. The average molecular weight is 311 g/mol. The molecule has 0 N–H and O–H groups in total. The van der Waals surface area contributed by atoms with Crippen LogP contribution in [0.15, 0.2) is 22.7 Å². The van der Waals surface area contributed by atoms with Crippen molar-refractivity contribution >= 4 is 33.2 Å². The van der Waals surface area contributed by atoms with E-state index in [4.69, 9.17) is 0 Å². The normalized spacial score (nSPS) is 15.3. The van der Waals surface area contributed by atoms with Gasteiger partial charge < -0.3 is 9.80 Å². The molecule has 0 spiro atoms. The highest BCUT2D eigenvalue weighted by Gasteiger charge is 2.27. The van der Waals surface area contributed by atoms with Crippen LogP contribution in [0.4, 0.5) is 11.4 Å². The van der Waals surface area contributed by atoms with E-state index in [0.29, 0.717) is 12.5 Å². The summed E-state index contributed by atoms with van der Waals surface area (Å²) < 4.78 is 1.05. The molecular weight excluding hydrogens is 292 g/mol. The Morgan fingerprint density at radius 1 is 1.33 bits per heavy atom. The summed E-state index contributed by atoms with van der Waals surface area (Å²) in [5.41, 5.74) is 2.14. The highest BCUT2D eigenvalue weighted by atomic mass is 79.9. The van der Waals surface area contributed by atoms with E-state index in [1.54, 1.807) is 0 Å². The van der Waals surface area contributed by atoms with Gasteiger partial charge in [-0.1, -0.05) is 29.8 Å². The van der Waals surface area contributed by atoms with Gasteiger partial charge in [0.25, 0.3) is 0 Å². The molecule has 0 atom stereocenters. The minimum Gasteiger partial charge on any atom is -0.364 e. The molecule has 1 aromatic carbocycles. The average Bonchev–Trinajstić information content (AvgIpc) is 2.29. The zero-order valence-corrected chi connectivity index (χ0v) is 12.7. The van der Waals surface area contributed by atoms with E-state index in [1.807, 2.05) is 29.0 Å². The lowest BCUT2D eigenvalue weighted by atomic mass is 10.1. The Kier molecular flexibility index (Phi) is 3.95. The van der Waals surface area contributed by atoms with Gasteiger partial charge in [0, 0.05) is 18.1 Å². The van der Waals surface area contributed by atoms with E-state index >= 15 is 0 Å². The minimum atomic E-state index is 0.188. The number of benzene rings is 1. The number of hydrogen-bond acceptors (Lipinski definition) is 2. The number of carbonyl (C=O) groups is 1. The summed E-state index contributed by atoms with van der Waals surface area (Å²) in [7, 11) is 1.96. The highest BCUT2D eigenvalue weighted by Crippen LogP contribution is 2.35. The highest BCUT2D eigenvalue weighted by molar-refractivity contribution is 9.10. The number of anilines is 2. The van der Waals surface area contributed by atoms with Gasteiger partial charge in [-0.25, -0.2) is 0 Å². The first-order chi connectivity index (χ1) is 8.49. The fraction of sp³-hybridized carbons (Fsp3) is 0.500. The first kappa shape index (κ1) is 13.4. The van der Waals surface area contributed by atoms with Gasteiger partial charge >= 0.3 is 0 Å². The molecule has 1 aliphatic heterocycles. The van der Waals surface area contributed by atoms with Crippen molar-refractivity contribution in [1.82, 2.24) is 0 Å². The zero-order chi connectivity index (χ0) is 13.3. The fourth-order valence-corrected chi connectivity index (χ4v) is 2.52. The van der Waals surface area contributed by atoms with Crippen LogP contribution in [0, 0.1) is 5.92 Å². The molecular formula is C14H19BrN2O. The van der Waals surface area contributed by atoms with Crippen LogP contribution in [-0.4, -0.2) is 26.0 Å². The molecule has 4 heteroatoms. The van der Waals surface area contributed by atoms with Crippen LogP contribution in [0.25, 0.3) is 0 Å². The van der Waals surface area contributed by atoms with Crippen LogP contribution in [0.3, 0.4) is 0 Å².